The van der Waals surface area contributed by atoms with Gasteiger partial charge in [0.05, 0.1) is 11.5 Å². The lowest BCUT2D eigenvalue weighted by Crippen LogP contribution is -2.49. The van der Waals surface area contributed by atoms with Gasteiger partial charge in [-0.25, -0.2) is 9.59 Å². The zero-order valence-corrected chi connectivity index (χ0v) is 25.8. The molecule has 0 saturated carbocycles. The van der Waals surface area contributed by atoms with Crippen molar-refractivity contribution in [3.05, 3.63) is 12.2 Å². The molecule has 0 N–H and O–H groups in total. The van der Waals surface area contributed by atoms with Gasteiger partial charge in [0.15, 0.2) is 0 Å². The van der Waals surface area contributed by atoms with E-state index in [0.717, 1.165) is 51.4 Å². The maximum atomic E-state index is 12.8. The predicted molar refractivity (Wildman–Crippen MR) is 152 cm³/mol. The lowest BCUT2D eigenvalue weighted by Gasteiger charge is -2.38. The van der Waals surface area contributed by atoms with E-state index in [0.29, 0.717) is 0 Å². The summed E-state index contributed by atoms with van der Waals surface area (Å²) in [4.78, 5) is 25.5. The van der Waals surface area contributed by atoms with E-state index in [9.17, 15) is 9.59 Å². The molecule has 0 heterocycles. The van der Waals surface area contributed by atoms with Crippen molar-refractivity contribution in [1.29, 1.82) is 0 Å². The number of hydrogen-bond acceptors (Lipinski definition) is 4. The summed E-state index contributed by atoms with van der Waals surface area (Å²) in [5, 5.41) is 0. The fourth-order valence-corrected chi connectivity index (χ4v) is 18.4. The number of rotatable bonds is 20. The maximum absolute atomic E-state index is 12.8. The van der Waals surface area contributed by atoms with Gasteiger partial charge in [0, 0.05) is 12.2 Å². The normalized spacial score (nSPS) is 14.2. The smallest absolute Gasteiger partial charge is 0.330 e. The molecule has 0 aliphatic carbocycles. The summed E-state index contributed by atoms with van der Waals surface area (Å²) in [5.41, 5.74) is 0.0326. The molecule has 200 valence electrons. The van der Waals surface area contributed by atoms with Crippen LogP contribution in [-0.4, -0.2) is 39.5 Å². The Morgan fingerprint density at radius 1 is 0.529 bits per heavy atom. The van der Waals surface area contributed by atoms with Crippen molar-refractivity contribution < 1.29 is 19.1 Å². The average Bonchev–Trinajstić information content (AvgIpc) is 2.80. The summed E-state index contributed by atoms with van der Waals surface area (Å²) >= 11 is 0. The molecular formula is C28H56O4Si2. The van der Waals surface area contributed by atoms with Crippen LogP contribution in [0.2, 0.25) is 36.3 Å². The van der Waals surface area contributed by atoms with Crippen molar-refractivity contribution in [3.8, 4) is 0 Å². The molecule has 0 aromatic carbocycles. The van der Waals surface area contributed by atoms with Crippen LogP contribution in [-0.2, 0) is 19.1 Å². The molecule has 6 heteroatoms. The standard InChI is InChI=1S/C28H56O4Si2/c1-9-19-33(20-10-2,21-11-3)27(15-7)31-25(29)17-18-26(30)32-28(16-8)34(22-12-4,23-13-5)24-14-6/h17-18,27-28H,9-16,19-24H2,1-8H3/b18-17+. The van der Waals surface area contributed by atoms with Gasteiger partial charge in [-0.3, -0.25) is 0 Å². The summed E-state index contributed by atoms with van der Waals surface area (Å²) in [5.74, 6) is -0.785. The lowest BCUT2D eigenvalue weighted by atomic mass is 10.4. The van der Waals surface area contributed by atoms with E-state index in [2.05, 4.69) is 55.4 Å². The Morgan fingerprint density at radius 3 is 0.941 bits per heavy atom. The predicted octanol–water partition coefficient (Wildman–Crippen LogP) is 8.62. The molecule has 0 radical (unpaired) electrons. The zero-order chi connectivity index (χ0) is 26.0. The van der Waals surface area contributed by atoms with Crippen molar-refractivity contribution in [1.82, 2.24) is 0 Å². The minimum Gasteiger partial charge on any atom is -0.463 e. The van der Waals surface area contributed by atoms with Crippen molar-refractivity contribution in [3.63, 3.8) is 0 Å². The van der Waals surface area contributed by atoms with Crippen LogP contribution in [0, 0.1) is 0 Å². The Bertz CT molecular complexity index is 507. The first kappa shape index (κ1) is 33.1. The lowest BCUT2D eigenvalue weighted by molar-refractivity contribution is -0.142. The Morgan fingerprint density at radius 2 is 0.765 bits per heavy atom. The summed E-state index contributed by atoms with van der Waals surface area (Å²) in [7, 11) is -3.43. The molecule has 0 aliphatic heterocycles. The maximum Gasteiger partial charge on any atom is 0.330 e. The van der Waals surface area contributed by atoms with Crippen LogP contribution in [0.25, 0.3) is 0 Å². The highest BCUT2D eigenvalue weighted by Gasteiger charge is 2.41. The van der Waals surface area contributed by atoms with Crippen LogP contribution in [0.5, 0.6) is 0 Å². The highest BCUT2D eigenvalue weighted by atomic mass is 28.3. The van der Waals surface area contributed by atoms with E-state index in [-0.39, 0.29) is 11.5 Å². The third-order valence-electron chi connectivity index (χ3n) is 7.47. The summed E-state index contributed by atoms with van der Waals surface area (Å²) in [6, 6.07) is 7.19. The molecule has 0 aromatic rings. The monoisotopic (exact) mass is 512 g/mol. The second kappa shape index (κ2) is 18.4. The highest BCUT2D eigenvalue weighted by molar-refractivity contribution is 6.81. The Hall–Kier alpha value is -0.886. The first-order valence-corrected chi connectivity index (χ1v) is 19.8. The molecule has 0 aromatic heterocycles. The first-order valence-electron chi connectivity index (χ1n) is 14.4. The van der Waals surface area contributed by atoms with E-state index in [1.165, 1.54) is 48.4 Å². The topological polar surface area (TPSA) is 52.6 Å². The van der Waals surface area contributed by atoms with Crippen LogP contribution < -0.4 is 0 Å². The van der Waals surface area contributed by atoms with Gasteiger partial charge < -0.3 is 9.47 Å². The molecule has 0 bridgehead atoms. The van der Waals surface area contributed by atoms with E-state index in [1.54, 1.807) is 0 Å². The Kier molecular flexibility index (Phi) is 17.9. The quantitative estimate of drug-likeness (QED) is 0.0930. The van der Waals surface area contributed by atoms with Gasteiger partial charge in [0.1, 0.15) is 16.1 Å². The minimum atomic E-state index is -1.72. The van der Waals surface area contributed by atoms with Crippen LogP contribution >= 0.6 is 0 Å². The summed E-state index contributed by atoms with van der Waals surface area (Å²) in [6.07, 6.45) is 11.2. The molecule has 0 aliphatic rings. The molecule has 34 heavy (non-hydrogen) atoms. The highest BCUT2D eigenvalue weighted by Crippen LogP contribution is 2.34. The van der Waals surface area contributed by atoms with Crippen LogP contribution in [0.3, 0.4) is 0 Å². The SMILES string of the molecule is CCC[Si](CCC)(CCC)C(CC)OC(=O)/C=C/C(=O)OC(CC)[Si](CCC)(CCC)CCC. The van der Waals surface area contributed by atoms with E-state index in [4.69, 9.17) is 9.47 Å². The van der Waals surface area contributed by atoms with Crippen molar-refractivity contribution in [2.45, 2.75) is 154 Å². The van der Waals surface area contributed by atoms with Gasteiger partial charge in [0.25, 0.3) is 0 Å². The third-order valence-corrected chi connectivity index (χ3v) is 20.2. The number of carbonyl (C=O) groups excluding carboxylic acids is 2. The fourth-order valence-electron chi connectivity index (χ4n) is 6.48. The molecule has 0 spiro atoms. The van der Waals surface area contributed by atoms with Gasteiger partial charge in [-0.15, -0.1) is 0 Å². The van der Waals surface area contributed by atoms with Gasteiger partial charge in [-0.05, 0) is 12.8 Å². The number of hydrogen-bond donors (Lipinski definition) is 0. The van der Waals surface area contributed by atoms with E-state index >= 15 is 0 Å². The molecule has 0 saturated heterocycles. The number of ether oxygens (including phenoxy) is 2. The molecule has 2 unspecified atom stereocenters. The summed E-state index contributed by atoms with van der Waals surface area (Å²) < 4.78 is 12.0. The largest absolute Gasteiger partial charge is 0.463 e. The molecule has 0 rings (SSSR count). The van der Waals surface area contributed by atoms with Crippen molar-refractivity contribution >= 4 is 28.1 Å². The Balaban J connectivity index is 5.44. The molecule has 0 fully saturated rings. The fraction of sp³-hybridized carbons (Fsp3) is 0.857. The van der Waals surface area contributed by atoms with Crippen molar-refractivity contribution in [2.75, 3.05) is 0 Å². The van der Waals surface area contributed by atoms with Crippen LogP contribution in [0.1, 0.15) is 107 Å². The molecule has 0 amide bonds. The third kappa shape index (κ3) is 10.4. The number of esters is 2. The van der Waals surface area contributed by atoms with Gasteiger partial charge in [-0.1, -0.05) is 130 Å². The van der Waals surface area contributed by atoms with Crippen molar-refractivity contribution in [2.24, 2.45) is 0 Å². The summed E-state index contributed by atoms with van der Waals surface area (Å²) in [6.45, 7) is 17.7. The van der Waals surface area contributed by atoms with Crippen LogP contribution in [0.4, 0.5) is 0 Å². The second-order valence-corrected chi connectivity index (χ2v) is 20.0. The molecule has 4 nitrogen and oxygen atoms in total. The van der Waals surface area contributed by atoms with Crippen LogP contribution in [0.15, 0.2) is 12.2 Å². The van der Waals surface area contributed by atoms with E-state index in [1.807, 2.05) is 0 Å². The Labute approximate surface area is 213 Å². The van der Waals surface area contributed by atoms with Gasteiger partial charge in [0.2, 0.25) is 0 Å². The average molecular weight is 513 g/mol. The minimum absolute atomic E-state index is 0.0163. The first-order chi connectivity index (χ1) is 16.3. The molecular weight excluding hydrogens is 456 g/mol. The molecule has 2 atom stereocenters. The number of carbonyl (C=O) groups is 2. The second-order valence-electron chi connectivity index (χ2n) is 10.2. The zero-order valence-electron chi connectivity index (χ0n) is 23.8. The van der Waals surface area contributed by atoms with Gasteiger partial charge in [-0.2, -0.15) is 0 Å². The van der Waals surface area contributed by atoms with Gasteiger partial charge >= 0.3 is 11.9 Å². The van der Waals surface area contributed by atoms with E-state index < -0.39 is 28.1 Å².